The van der Waals surface area contributed by atoms with E-state index in [1.165, 1.54) is 0 Å². The highest BCUT2D eigenvalue weighted by atomic mass is 28.5. The van der Waals surface area contributed by atoms with E-state index in [1.807, 2.05) is 6.55 Å². The monoisotopic (exact) mass is 516 g/mol. The van der Waals surface area contributed by atoms with Gasteiger partial charge in [-0.25, -0.2) is 0 Å². The minimum Gasteiger partial charge on any atom is -0.418 e. The van der Waals surface area contributed by atoms with Crippen molar-refractivity contribution >= 4 is 43.8 Å². The van der Waals surface area contributed by atoms with E-state index in [1.54, 1.807) is 21.3 Å². The van der Waals surface area contributed by atoms with Crippen LogP contribution in [0.4, 0.5) is 0 Å². The number of hydrogen-bond acceptors (Lipinski definition) is 9. The first-order valence-electron chi connectivity index (χ1n) is 10.6. The average Bonchev–Trinajstić information content (AvgIpc) is 2.60. The molecule has 0 spiro atoms. The first-order chi connectivity index (χ1) is 14.0. The maximum absolute atomic E-state index is 6.91. The summed E-state index contributed by atoms with van der Waals surface area (Å²) in [4.78, 5) is 0. The van der Waals surface area contributed by atoms with Gasteiger partial charge < -0.3 is 39.2 Å². The van der Waals surface area contributed by atoms with Crippen LogP contribution in [0.5, 0.6) is 0 Å². The van der Waals surface area contributed by atoms with Crippen molar-refractivity contribution in [3.63, 3.8) is 0 Å². The normalized spacial score (nSPS) is 36.4. The molecular formula is C16H40O9Si5. The van der Waals surface area contributed by atoms with Gasteiger partial charge in [0.2, 0.25) is 0 Å². The summed E-state index contributed by atoms with van der Waals surface area (Å²) < 4.78 is 55.5. The summed E-state index contributed by atoms with van der Waals surface area (Å²) in [6, 6.07) is 1.27. The number of ether oxygens (including phenoxy) is 2. The Bertz CT molecular complexity index is 525. The highest BCUT2D eigenvalue weighted by Gasteiger charge is 2.56. The molecule has 9 nitrogen and oxygen atoms in total. The highest BCUT2D eigenvalue weighted by molar-refractivity contribution is 6.90. The fourth-order valence-electron chi connectivity index (χ4n) is 4.01. The van der Waals surface area contributed by atoms with Crippen molar-refractivity contribution in [2.75, 3.05) is 41.2 Å². The van der Waals surface area contributed by atoms with Crippen LogP contribution in [-0.2, 0) is 39.2 Å². The maximum atomic E-state index is 6.91. The molecule has 0 saturated carbocycles. The van der Waals surface area contributed by atoms with Gasteiger partial charge in [0.25, 0.3) is 0 Å². The lowest BCUT2D eigenvalue weighted by Gasteiger charge is -2.48. The van der Waals surface area contributed by atoms with Crippen LogP contribution in [0.1, 0.15) is 12.8 Å². The molecule has 14 heteroatoms. The average molecular weight is 517 g/mol. The molecule has 0 aromatic carbocycles. The Morgan fingerprint density at radius 2 is 1.57 bits per heavy atom. The van der Waals surface area contributed by atoms with Crippen LogP contribution < -0.4 is 0 Å². The second-order valence-corrected chi connectivity index (χ2v) is 24.5. The van der Waals surface area contributed by atoms with Crippen molar-refractivity contribution in [2.45, 2.75) is 63.4 Å². The third-order valence-electron chi connectivity index (χ3n) is 5.41. The van der Waals surface area contributed by atoms with E-state index in [0.717, 1.165) is 19.4 Å². The molecule has 2 fully saturated rings. The van der Waals surface area contributed by atoms with E-state index in [-0.39, 0.29) is 5.73 Å². The summed E-state index contributed by atoms with van der Waals surface area (Å²) in [6.45, 7) is 12.2. The SMILES string of the molecule is CO[Si](CC[Si]1(C)O[SiH](C)O[Si](C)(C)O[Si](C)(C2COCCCCO2)O1)(OC)OC. The Morgan fingerprint density at radius 1 is 0.933 bits per heavy atom. The number of hydrogen-bond donors (Lipinski definition) is 0. The van der Waals surface area contributed by atoms with E-state index in [4.69, 9.17) is 39.2 Å². The molecule has 0 aromatic heterocycles. The second kappa shape index (κ2) is 11.2. The minimum atomic E-state index is -2.86. The molecule has 178 valence electrons. The van der Waals surface area contributed by atoms with Crippen molar-refractivity contribution in [1.29, 1.82) is 0 Å². The summed E-state index contributed by atoms with van der Waals surface area (Å²) in [6.07, 6.45) is 1.98. The van der Waals surface area contributed by atoms with Gasteiger partial charge in [-0.05, 0) is 51.6 Å². The van der Waals surface area contributed by atoms with Gasteiger partial charge in [0.15, 0.2) is 0 Å². The summed E-state index contributed by atoms with van der Waals surface area (Å²) in [7, 11) is -7.80. The van der Waals surface area contributed by atoms with Crippen LogP contribution in [0.25, 0.3) is 0 Å². The fraction of sp³-hybridized carbons (Fsp3) is 1.00. The van der Waals surface area contributed by atoms with E-state index in [9.17, 15) is 0 Å². The van der Waals surface area contributed by atoms with Gasteiger partial charge in [0, 0.05) is 40.6 Å². The standard InChI is InChI=1S/C16H40O9Si5/c1-17-30(18-2,19-3)14-13-28(7)23-26(4)22-27(5,6)24-29(8,25-28)16-15-20-11-9-10-12-21-16/h16,26H,9-15H2,1-8H3. The minimum absolute atomic E-state index is 0.229. The summed E-state index contributed by atoms with van der Waals surface area (Å²) >= 11 is 0. The largest absolute Gasteiger partial charge is 0.500 e. The molecular weight excluding hydrogens is 477 g/mol. The third kappa shape index (κ3) is 7.37. The quantitative estimate of drug-likeness (QED) is 0.474. The molecule has 0 aromatic rings. The molecule has 2 aliphatic heterocycles. The van der Waals surface area contributed by atoms with Gasteiger partial charge in [0.1, 0.15) is 5.73 Å². The highest BCUT2D eigenvalue weighted by Crippen LogP contribution is 2.34. The Balaban J connectivity index is 2.28. The van der Waals surface area contributed by atoms with E-state index in [2.05, 4.69) is 26.2 Å². The molecule has 2 rings (SSSR count). The Labute approximate surface area is 187 Å². The summed E-state index contributed by atoms with van der Waals surface area (Å²) in [5, 5.41) is 0. The zero-order valence-electron chi connectivity index (χ0n) is 19.8. The molecule has 2 heterocycles. The molecule has 0 amide bonds. The van der Waals surface area contributed by atoms with E-state index < -0.39 is 43.8 Å². The first kappa shape index (κ1) is 27.0. The Hall–Kier alpha value is 0.724. The fourth-order valence-corrected chi connectivity index (χ4v) is 26.7. The molecule has 4 atom stereocenters. The zero-order chi connectivity index (χ0) is 22.5. The van der Waals surface area contributed by atoms with Crippen molar-refractivity contribution < 1.29 is 39.2 Å². The van der Waals surface area contributed by atoms with Crippen molar-refractivity contribution in [1.82, 2.24) is 0 Å². The van der Waals surface area contributed by atoms with Crippen LogP contribution in [0.2, 0.25) is 44.8 Å². The summed E-state index contributed by atoms with van der Waals surface area (Å²) in [5.74, 6) is 0. The molecule has 2 aliphatic rings. The van der Waals surface area contributed by atoms with Gasteiger partial charge in [-0.1, -0.05) is 0 Å². The van der Waals surface area contributed by atoms with E-state index >= 15 is 0 Å². The van der Waals surface area contributed by atoms with Crippen LogP contribution in [0, 0.1) is 0 Å². The van der Waals surface area contributed by atoms with Crippen LogP contribution >= 0.6 is 0 Å². The molecule has 4 unspecified atom stereocenters. The maximum Gasteiger partial charge on any atom is 0.500 e. The lowest BCUT2D eigenvalue weighted by molar-refractivity contribution is -0.0192. The van der Waals surface area contributed by atoms with Crippen LogP contribution in [0.3, 0.4) is 0 Å². The summed E-state index contributed by atoms with van der Waals surface area (Å²) in [5.41, 5.74) is -0.229. The lowest BCUT2D eigenvalue weighted by atomic mass is 10.3. The predicted molar refractivity (Wildman–Crippen MR) is 124 cm³/mol. The Kier molecular flexibility index (Phi) is 10.1. The smallest absolute Gasteiger partial charge is 0.418 e. The molecule has 2 saturated heterocycles. The van der Waals surface area contributed by atoms with E-state index in [0.29, 0.717) is 25.3 Å². The van der Waals surface area contributed by atoms with Crippen LogP contribution in [0.15, 0.2) is 0 Å². The van der Waals surface area contributed by atoms with Gasteiger partial charge in [-0.15, -0.1) is 0 Å². The first-order valence-corrected chi connectivity index (χ1v) is 22.4. The zero-order valence-corrected chi connectivity index (χ0v) is 24.9. The van der Waals surface area contributed by atoms with Crippen LogP contribution in [-0.4, -0.2) is 90.6 Å². The molecule has 0 N–H and O–H groups in total. The third-order valence-corrected chi connectivity index (χ3v) is 25.2. The Morgan fingerprint density at radius 3 is 2.20 bits per heavy atom. The second-order valence-electron chi connectivity index (χ2n) is 8.49. The predicted octanol–water partition coefficient (Wildman–Crippen LogP) is 2.38. The molecule has 30 heavy (non-hydrogen) atoms. The molecule has 0 aliphatic carbocycles. The van der Waals surface area contributed by atoms with Gasteiger partial charge in [-0.2, -0.15) is 0 Å². The number of rotatable bonds is 7. The van der Waals surface area contributed by atoms with Crippen molar-refractivity contribution in [2.24, 2.45) is 0 Å². The van der Waals surface area contributed by atoms with Gasteiger partial charge in [0.05, 0.1) is 6.61 Å². The van der Waals surface area contributed by atoms with Crippen molar-refractivity contribution in [3.05, 3.63) is 0 Å². The lowest BCUT2D eigenvalue weighted by Crippen LogP contribution is -2.68. The molecule has 0 radical (unpaired) electrons. The van der Waals surface area contributed by atoms with Crippen molar-refractivity contribution in [3.8, 4) is 0 Å². The van der Waals surface area contributed by atoms with Gasteiger partial charge in [-0.3, -0.25) is 0 Å². The topological polar surface area (TPSA) is 83.1 Å². The molecule has 0 bridgehead atoms. The van der Waals surface area contributed by atoms with Gasteiger partial charge >= 0.3 is 43.8 Å².